The van der Waals surface area contributed by atoms with E-state index < -0.39 is 5.82 Å². The van der Waals surface area contributed by atoms with E-state index in [0.717, 1.165) is 32.5 Å². The standard InChI is InChI=1S/C25H19FN4OS/c1-30(2)25(31)16-4-6-18(20(26)11-16)15-3-7-19-21(9-10-27-22(19)12-15)29-17-5-8-24-23(13-17)28-14-32-24/h3-14H,1-2H3,(H,27,29). The van der Waals surface area contributed by atoms with Gasteiger partial charge in [0, 0.05) is 48.2 Å². The van der Waals surface area contributed by atoms with Gasteiger partial charge < -0.3 is 10.2 Å². The molecule has 0 fully saturated rings. The molecule has 0 saturated carbocycles. The summed E-state index contributed by atoms with van der Waals surface area (Å²) in [6.45, 7) is 0. The number of carbonyl (C=O) groups is 1. The molecule has 0 radical (unpaired) electrons. The van der Waals surface area contributed by atoms with Gasteiger partial charge in [0.05, 0.1) is 21.2 Å². The van der Waals surface area contributed by atoms with E-state index in [9.17, 15) is 9.18 Å². The van der Waals surface area contributed by atoms with Crippen LogP contribution in [-0.4, -0.2) is 34.9 Å². The number of aromatic nitrogens is 2. The van der Waals surface area contributed by atoms with Gasteiger partial charge >= 0.3 is 0 Å². The van der Waals surface area contributed by atoms with Crippen molar-refractivity contribution in [3.63, 3.8) is 0 Å². The number of nitrogens with one attached hydrogen (secondary N) is 1. The van der Waals surface area contributed by atoms with Crippen molar-refractivity contribution < 1.29 is 9.18 Å². The van der Waals surface area contributed by atoms with Crippen LogP contribution in [0.15, 0.2) is 72.4 Å². The number of thiazole rings is 1. The number of amides is 1. The lowest BCUT2D eigenvalue weighted by molar-refractivity contribution is 0.0827. The number of hydrogen-bond donors (Lipinski definition) is 1. The fourth-order valence-electron chi connectivity index (χ4n) is 3.66. The minimum atomic E-state index is -0.442. The molecule has 2 heterocycles. The molecule has 32 heavy (non-hydrogen) atoms. The van der Waals surface area contributed by atoms with E-state index in [-0.39, 0.29) is 5.91 Å². The van der Waals surface area contributed by atoms with E-state index in [4.69, 9.17) is 0 Å². The average molecular weight is 443 g/mol. The van der Waals surface area contributed by atoms with Gasteiger partial charge in [-0.25, -0.2) is 9.37 Å². The Hall–Kier alpha value is -3.84. The second-order valence-corrected chi connectivity index (χ2v) is 8.53. The highest BCUT2D eigenvalue weighted by Crippen LogP contribution is 2.31. The first-order chi connectivity index (χ1) is 15.5. The lowest BCUT2D eigenvalue weighted by Crippen LogP contribution is -2.21. The van der Waals surface area contributed by atoms with Gasteiger partial charge in [-0.05, 0) is 48.0 Å². The number of anilines is 2. The summed E-state index contributed by atoms with van der Waals surface area (Å²) in [6, 6.07) is 18.2. The Morgan fingerprint density at radius 3 is 2.66 bits per heavy atom. The highest BCUT2D eigenvalue weighted by molar-refractivity contribution is 7.16. The van der Waals surface area contributed by atoms with Crippen LogP contribution in [0.5, 0.6) is 0 Å². The Morgan fingerprint density at radius 1 is 0.969 bits per heavy atom. The monoisotopic (exact) mass is 442 g/mol. The molecule has 2 aromatic heterocycles. The Bertz CT molecular complexity index is 1480. The van der Waals surface area contributed by atoms with Gasteiger partial charge in [-0.15, -0.1) is 11.3 Å². The first-order valence-electron chi connectivity index (χ1n) is 10.0. The van der Waals surface area contributed by atoms with Crippen LogP contribution in [0.4, 0.5) is 15.8 Å². The van der Waals surface area contributed by atoms with E-state index in [1.807, 2.05) is 48.0 Å². The highest BCUT2D eigenvalue weighted by Gasteiger charge is 2.13. The van der Waals surface area contributed by atoms with Crippen LogP contribution in [0.2, 0.25) is 0 Å². The number of hydrogen-bond acceptors (Lipinski definition) is 5. The second-order valence-electron chi connectivity index (χ2n) is 7.64. The minimum absolute atomic E-state index is 0.234. The zero-order valence-electron chi connectivity index (χ0n) is 17.5. The van der Waals surface area contributed by atoms with Crippen LogP contribution in [-0.2, 0) is 0 Å². The lowest BCUT2D eigenvalue weighted by atomic mass is 10.0. The molecule has 0 atom stereocenters. The molecule has 0 aliphatic rings. The molecule has 158 valence electrons. The molecule has 0 bridgehead atoms. The van der Waals surface area contributed by atoms with Gasteiger partial charge in [0.15, 0.2) is 0 Å². The van der Waals surface area contributed by atoms with Crippen molar-refractivity contribution >= 4 is 49.7 Å². The summed E-state index contributed by atoms with van der Waals surface area (Å²) in [5.41, 5.74) is 6.82. The van der Waals surface area contributed by atoms with Gasteiger partial charge in [0.1, 0.15) is 5.82 Å². The smallest absolute Gasteiger partial charge is 0.253 e. The molecule has 7 heteroatoms. The zero-order chi connectivity index (χ0) is 22.2. The van der Waals surface area contributed by atoms with Crippen LogP contribution in [0.25, 0.3) is 32.2 Å². The van der Waals surface area contributed by atoms with Crippen LogP contribution in [0.1, 0.15) is 10.4 Å². The largest absolute Gasteiger partial charge is 0.355 e. The predicted molar refractivity (Wildman–Crippen MR) is 128 cm³/mol. The number of halogens is 1. The number of nitrogens with zero attached hydrogens (tertiary/aromatic N) is 3. The summed E-state index contributed by atoms with van der Waals surface area (Å²) < 4.78 is 16.0. The Balaban J connectivity index is 1.49. The molecule has 0 unspecified atom stereocenters. The molecule has 3 aromatic carbocycles. The molecule has 0 aliphatic carbocycles. The van der Waals surface area contributed by atoms with Gasteiger partial charge in [0.2, 0.25) is 0 Å². The summed E-state index contributed by atoms with van der Waals surface area (Å²) in [5, 5.41) is 4.36. The molecular weight excluding hydrogens is 423 g/mol. The highest BCUT2D eigenvalue weighted by atomic mass is 32.1. The maximum atomic E-state index is 14.8. The van der Waals surface area contributed by atoms with Crippen LogP contribution < -0.4 is 5.32 Å². The van der Waals surface area contributed by atoms with Crippen molar-refractivity contribution in [3.8, 4) is 11.1 Å². The van der Waals surface area contributed by atoms with E-state index in [2.05, 4.69) is 15.3 Å². The maximum Gasteiger partial charge on any atom is 0.253 e. The maximum absolute atomic E-state index is 14.8. The summed E-state index contributed by atoms with van der Waals surface area (Å²) in [6.07, 6.45) is 1.73. The van der Waals surface area contributed by atoms with Crippen molar-refractivity contribution in [2.45, 2.75) is 0 Å². The Labute approximate surface area is 188 Å². The molecule has 0 spiro atoms. The summed E-state index contributed by atoms with van der Waals surface area (Å²) in [4.78, 5) is 22.4. The third kappa shape index (κ3) is 3.67. The molecule has 5 rings (SSSR count). The van der Waals surface area contributed by atoms with Crippen molar-refractivity contribution in [1.82, 2.24) is 14.9 Å². The van der Waals surface area contributed by atoms with Gasteiger partial charge in [0.25, 0.3) is 5.91 Å². The molecule has 1 amide bonds. The van der Waals surface area contributed by atoms with Crippen molar-refractivity contribution in [2.24, 2.45) is 0 Å². The topological polar surface area (TPSA) is 58.1 Å². The second kappa shape index (κ2) is 8.01. The molecule has 5 nitrogen and oxygen atoms in total. The van der Waals surface area contributed by atoms with Crippen molar-refractivity contribution in [2.75, 3.05) is 19.4 Å². The molecule has 5 aromatic rings. The quantitative estimate of drug-likeness (QED) is 0.366. The van der Waals surface area contributed by atoms with Crippen LogP contribution >= 0.6 is 11.3 Å². The first-order valence-corrected chi connectivity index (χ1v) is 10.9. The predicted octanol–water partition coefficient (Wildman–Crippen LogP) is 6.10. The molecule has 0 saturated heterocycles. The summed E-state index contributed by atoms with van der Waals surface area (Å²) in [7, 11) is 3.29. The Kier molecular flexibility index (Phi) is 5.03. The zero-order valence-corrected chi connectivity index (χ0v) is 18.3. The van der Waals surface area contributed by atoms with Crippen molar-refractivity contribution in [1.29, 1.82) is 0 Å². The minimum Gasteiger partial charge on any atom is -0.355 e. The SMILES string of the molecule is CN(C)C(=O)c1ccc(-c2ccc3c(Nc4ccc5scnc5c4)ccnc3c2)c(F)c1. The van der Waals surface area contributed by atoms with Gasteiger partial charge in [-0.3, -0.25) is 9.78 Å². The summed E-state index contributed by atoms with van der Waals surface area (Å²) in [5.74, 6) is -0.676. The number of rotatable bonds is 4. The number of carbonyl (C=O) groups excluding carboxylic acids is 1. The van der Waals surface area contributed by atoms with E-state index in [1.165, 1.54) is 11.0 Å². The van der Waals surface area contributed by atoms with Crippen LogP contribution in [0.3, 0.4) is 0 Å². The first kappa shape index (κ1) is 20.1. The number of benzene rings is 3. The average Bonchev–Trinajstić information content (AvgIpc) is 3.26. The fourth-order valence-corrected chi connectivity index (χ4v) is 4.31. The molecule has 1 N–H and O–H groups in total. The third-order valence-corrected chi connectivity index (χ3v) is 6.10. The third-order valence-electron chi connectivity index (χ3n) is 5.29. The summed E-state index contributed by atoms with van der Waals surface area (Å²) >= 11 is 1.61. The molecular formula is C25H19FN4OS. The van der Waals surface area contributed by atoms with Gasteiger partial charge in [-0.1, -0.05) is 18.2 Å². The van der Waals surface area contributed by atoms with Crippen molar-refractivity contribution in [3.05, 3.63) is 83.8 Å². The van der Waals surface area contributed by atoms with Gasteiger partial charge in [-0.2, -0.15) is 0 Å². The normalized spacial score (nSPS) is 11.1. The van der Waals surface area contributed by atoms with E-state index in [1.54, 1.807) is 43.8 Å². The van der Waals surface area contributed by atoms with Crippen LogP contribution in [0, 0.1) is 5.82 Å². The fraction of sp³-hybridized carbons (Fsp3) is 0.0800. The lowest BCUT2D eigenvalue weighted by Gasteiger charge is -2.13. The molecule has 0 aliphatic heterocycles. The van der Waals surface area contributed by atoms with E-state index in [0.29, 0.717) is 16.7 Å². The number of fused-ring (bicyclic) bond motifs is 2. The Morgan fingerprint density at radius 2 is 1.84 bits per heavy atom. The number of pyridine rings is 1. The van der Waals surface area contributed by atoms with E-state index >= 15 is 0 Å².